The summed E-state index contributed by atoms with van der Waals surface area (Å²) < 4.78 is 24.5. The van der Waals surface area contributed by atoms with Crippen LogP contribution in [0.25, 0.3) is 0 Å². The van der Waals surface area contributed by atoms with E-state index < -0.39 is 0 Å². The second-order valence-corrected chi connectivity index (χ2v) is 4.22. The average molecular weight is 223 g/mol. The van der Waals surface area contributed by atoms with E-state index in [0.29, 0.717) is 17.1 Å². The maximum absolute atomic E-state index is 13.9. The van der Waals surface area contributed by atoms with Gasteiger partial charge in [0.25, 0.3) is 0 Å². The lowest BCUT2D eigenvalue weighted by molar-refractivity contribution is 0.172. The summed E-state index contributed by atoms with van der Waals surface area (Å²) in [5, 5.41) is 3.28. The molecule has 0 amide bonds. The number of ether oxygens (including phenoxy) is 2. The van der Waals surface area contributed by atoms with E-state index in [-0.39, 0.29) is 18.5 Å². The normalized spacial score (nSPS) is 20.1. The van der Waals surface area contributed by atoms with Crippen LogP contribution in [0.4, 0.5) is 4.39 Å². The van der Waals surface area contributed by atoms with Crippen molar-refractivity contribution < 1.29 is 13.9 Å². The third-order valence-electron chi connectivity index (χ3n) is 3.27. The molecule has 2 aliphatic rings. The van der Waals surface area contributed by atoms with Gasteiger partial charge in [-0.3, -0.25) is 0 Å². The predicted molar refractivity (Wildman–Crippen MR) is 57.4 cm³/mol. The van der Waals surface area contributed by atoms with Gasteiger partial charge in [-0.2, -0.15) is 0 Å². The molecular formula is C12H14FNO2. The second kappa shape index (κ2) is 3.94. The van der Waals surface area contributed by atoms with Crippen LogP contribution in [-0.4, -0.2) is 19.9 Å². The molecule has 0 unspecified atom stereocenters. The first-order chi connectivity index (χ1) is 7.86. The van der Waals surface area contributed by atoms with E-state index in [9.17, 15) is 4.39 Å². The lowest BCUT2D eigenvalue weighted by Crippen LogP contribution is -2.27. The lowest BCUT2D eigenvalue weighted by Gasteiger charge is -2.24. The van der Waals surface area contributed by atoms with Crippen molar-refractivity contribution in [2.24, 2.45) is 0 Å². The first-order valence-electron chi connectivity index (χ1n) is 5.65. The van der Waals surface area contributed by atoms with Gasteiger partial charge in [0.1, 0.15) is 5.82 Å². The van der Waals surface area contributed by atoms with Gasteiger partial charge < -0.3 is 14.8 Å². The van der Waals surface area contributed by atoms with E-state index in [0.717, 1.165) is 25.9 Å². The predicted octanol–water partition coefficient (Wildman–Crippen LogP) is 2.02. The summed E-state index contributed by atoms with van der Waals surface area (Å²) in [6.45, 7) is 2.08. The zero-order valence-corrected chi connectivity index (χ0v) is 8.96. The van der Waals surface area contributed by atoms with Gasteiger partial charge in [0.2, 0.25) is 6.79 Å². The maximum Gasteiger partial charge on any atom is 0.231 e. The summed E-state index contributed by atoms with van der Waals surface area (Å²) in [6, 6.07) is 3.12. The van der Waals surface area contributed by atoms with Crippen LogP contribution in [0.3, 0.4) is 0 Å². The van der Waals surface area contributed by atoms with Crippen molar-refractivity contribution in [1.29, 1.82) is 0 Å². The Morgan fingerprint density at radius 1 is 1.19 bits per heavy atom. The Labute approximate surface area is 93.6 Å². The highest BCUT2D eigenvalue weighted by Crippen LogP contribution is 2.43. The SMILES string of the molecule is Fc1ccc2c(c1C1CCNCC1)OCO2. The smallest absolute Gasteiger partial charge is 0.231 e. The van der Waals surface area contributed by atoms with Crippen LogP contribution in [0.2, 0.25) is 0 Å². The van der Waals surface area contributed by atoms with Gasteiger partial charge in [-0.15, -0.1) is 0 Å². The summed E-state index contributed by atoms with van der Waals surface area (Å²) in [6.07, 6.45) is 1.91. The Morgan fingerprint density at radius 3 is 2.81 bits per heavy atom. The fourth-order valence-electron chi connectivity index (χ4n) is 2.46. The molecule has 0 atom stereocenters. The Bertz CT molecular complexity index is 402. The first kappa shape index (κ1) is 9.90. The van der Waals surface area contributed by atoms with E-state index in [1.165, 1.54) is 6.07 Å². The zero-order valence-electron chi connectivity index (χ0n) is 8.96. The molecular weight excluding hydrogens is 209 g/mol. The van der Waals surface area contributed by atoms with Gasteiger partial charge in [0, 0.05) is 5.56 Å². The highest BCUT2D eigenvalue weighted by atomic mass is 19.1. The molecule has 86 valence electrons. The third-order valence-corrected chi connectivity index (χ3v) is 3.27. The summed E-state index contributed by atoms with van der Waals surface area (Å²) >= 11 is 0. The molecule has 1 aromatic carbocycles. The molecule has 0 aromatic heterocycles. The van der Waals surface area contributed by atoms with Crippen LogP contribution >= 0.6 is 0 Å². The molecule has 16 heavy (non-hydrogen) atoms. The van der Waals surface area contributed by atoms with Crippen LogP contribution in [0, 0.1) is 5.82 Å². The average Bonchev–Trinajstić information content (AvgIpc) is 2.78. The van der Waals surface area contributed by atoms with E-state index >= 15 is 0 Å². The molecule has 4 heteroatoms. The van der Waals surface area contributed by atoms with Crippen LogP contribution in [0.5, 0.6) is 11.5 Å². The van der Waals surface area contributed by atoms with Gasteiger partial charge in [0.05, 0.1) is 0 Å². The monoisotopic (exact) mass is 223 g/mol. The van der Waals surface area contributed by atoms with Gasteiger partial charge in [-0.05, 0) is 44.0 Å². The Balaban J connectivity index is 2.01. The van der Waals surface area contributed by atoms with Crippen LogP contribution < -0.4 is 14.8 Å². The number of piperidine rings is 1. The standard InChI is InChI=1S/C12H14FNO2/c13-9-1-2-10-12(16-7-15-10)11(9)8-3-5-14-6-4-8/h1-2,8,14H,3-7H2. The van der Waals surface area contributed by atoms with Crippen molar-refractivity contribution in [3.8, 4) is 11.5 Å². The molecule has 2 heterocycles. The fraction of sp³-hybridized carbons (Fsp3) is 0.500. The molecule has 3 rings (SSSR count). The summed E-state index contributed by atoms with van der Waals surface area (Å²) in [7, 11) is 0. The van der Waals surface area contributed by atoms with Gasteiger partial charge in [-0.1, -0.05) is 0 Å². The highest BCUT2D eigenvalue weighted by molar-refractivity contribution is 5.50. The van der Waals surface area contributed by atoms with Crippen molar-refractivity contribution in [2.75, 3.05) is 19.9 Å². The van der Waals surface area contributed by atoms with Gasteiger partial charge >= 0.3 is 0 Å². The van der Waals surface area contributed by atoms with Crippen molar-refractivity contribution in [3.05, 3.63) is 23.5 Å². The number of nitrogens with one attached hydrogen (secondary N) is 1. The molecule has 1 saturated heterocycles. The summed E-state index contributed by atoms with van der Waals surface area (Å²) in [5.74, 6) is 1.37. The molecule has 0 bridgehead atoms. The molecule has 0 aliphatic carbocycles. The number of fused-ring (bicyclic) bond motifs is 1. The highest BCUT2D eigenvalue weighted by Gasteiger charge is 2.27. The zero-order chi connectivity index (χ0) is 11.0. The minimum atomic E-state index is -0.170. The first-order valence-corrected chi connectivity index (χ1v) is 5.65. The summed E-state index contributed by atoms with van der Waals surface area (Å²) in [5.41, 5.74) is 0.705. The number of hydrogen-bond acceptors (Lipinski definition) is 3. The van der Waals surface area contributed by atoms with Gasteiger partial charge in [-0.25, -0.2) is 4.39 Å². The molecule has 0 radical (unpaired) electrons. The van der Waals surface area contributed by atoms with E-state index in [1.54, 1.807) is 6.07 Å². The van der Waals surface area contributed by atoms with Gasteiger partial charge in [0.15, 0.2) is 11.5 Å². The number of benzene rings is 1. The van der Waals surface area contributed by atoms with Crippen molar-refractivity contribution in [3.63, 3.8) is 0 Å². The largest absolute Gasteiger partial charge is 0.454 e. The minimum absolute atomic E-state index is 0.170. The quantitative estimate of drug-likeness (QED) is 0.790. The Morgan fingerprint density at radius 2 is 2.00 bits per heavy atom. The topological polar surface area (TPSA) is 30.5 Å². The van der Waals surface area contributed by atoms with Crippen LogP contribution in [0.1, 0.15) is 24.3 Å². The second-order valence-electron chi connectivity index (χ2n) is 4.22. The molecule has 0 saturated carbocycles. The number of halogens is 1. The number of hydrogen-bond donors (Lipinski definition) is 1. The molecule has 1 fully saturated rings. The van der Waals surface area contributed by atoms with E-state index in [2.05, 4.69) is 5.32 Å². The number of rotatable bonds is 1. The minimum Gasteiger partial charge on any atom is -0.454 e. The fourth-order valence-corrected chi connectivity index (χ4v) is 2.46. The molecule has 1 N–H and O–H groups in total. The Kier molecular flexibility index (Phi) is 2.44. The van der Waals surface area contributed by atoms with Crippen molar-refractivity contribution >= 4 is 0 Å². The van der Waals surface area contributed by atoms with Crippen molar-refractivity contribution in [2.45, 2.75) is 18.8 Å². The molecule has 2 aliphatic heterocycles. The van der Waals surface area contributed by atoms with Crippen LogP contribution in [-0.2, 0) is 0 Å². The van der Waals surface area contributed by atoms with Crippen molar-refractivity contribution in [1.82, 2.24) is 5.32 Å². The third kappa shape index (κ3) is 1.53. The summed E-state index contributed by atoms with van der Waals surface area (Å²) in [4.78, 5) is 0. The molecule has 1 aromatic rings. The molecule has 3 nitrogen and oxygen atoms in total. The molecule has 0 spiro atoms. The van der Waals surface area contributed by atoms with Crippen LogP contribution in [0.15, 0.2) is 12.1 Å². The maximum atomic E-state index is 13.9. The lowest BCUT2D eigenvalue weighted by atomic mass is 9.89. The Hall–Kier alpha value is -1.29. The van der Waals surface area contributed by atoms with E-state index in [1.807, 2.05) is 0 Å². The van der Waals surface area contributed by atoms with E-state index in [4.69, 9.17) is 9.47 Å².